The van der Waals surface area contributed by atoms with Crippen LogP contribution in [0.2, 0.25) is 0 Å². The van der Waals surface area contributed by atoms with Crippen LogP contribution in [-0.4, -0.2) is 18.1 Å². The minimum absolute atomic E-state index is 0.284. The summed E-state index contributed by atoms with van der Waals surface area (Å²) in [6, 6.07) is 6.93. The maximum absolute atomic E-state index is 13.6. The van der Waals surface area contributed by atoms with E-state index >= 15 is 0 Å². The van der Waals surface area contributed by atoms with Crippen LogP contribution in [0, 0.1) is 12.7 Å². The number of aryl methyl sites for hydroxylation is 1. The summed E-state index contributed by atoms with van der Waals surface area (Å²) in [6.45, 7) is 3.29. The average Bonchev–Trinajstić information content (AvgIpc) is 2.31. The molecule has 0 spiro atoms. The highest BCUT2D eigenvalue weighted by molar-refractivity contribution is 5.91. The molecule has 0 unspecified atom stereocenters. The van der Waals surface area contributed by atoms with Crippen LogP contribution < -0.4 is 11.1 Å². The smallest absolute Gasteiger partial charge is 0.149 e. The lowest BCUT2D eigenvalue weighted by Crippen LogP contribution is -2.09. The molecule has 0 bridgehead atoms. The fraction of sp³-hybridized carbons (Fsp3) is 0.308. The van der Waals surface area contributed by atoms with Crippen molar-refractivity contribution in [2.24, 2.45) is 5.73 Å². The number of benzene rings is 1. The molecule has 0 radical (unpaired) electrons. The minimum Gasteiger partial charge on any atom is -0.384 e. The SMILES string of the molecule is Cc1cc(NCCCN)c2cccc(F)c2n1. The van der Waals surface area contributed by atoms with Gasteiger partial charge < -0.3 is 11.1 Å². The molecule has 0 amide bonds. The summed E-state index contributed by atoms with van der Waals surface area (Å²) in [4.78, 5) is 4.22. The third-order valence-electron chi connectivity index (χ3n) is 2.61. The molecule has 0 aliphatic carbocycles. The second-order valence-electron chi connectivity index (χ2n) is 4.02. The van der Waals surface area contributed by atoms with Crippen molar-refractivity contribution in [2.45, 2.75) is 13.3 Å². The highest BCUT2D eigenvalue weighted by Crippen LogP contribution is 2.24. The zero-order chi connectivity index (χ0) is 12.3. The van der Waals surface area contributed by atoms with Crippen LogP contribution in [0.15, 0.2) is 24.3 Å². The van der Waals surface area contributed by atoms with Gasteiger partial charge in [-0.05, 0) is 32.0 Å². The van der Waals surface area contributed by atoms with E-state index in [4.69, 9.17) is 5.73 Å². The largest absolute Gasteiger partial charge is 0.384 e. The van der Waals surface area contributed by atoms with E-state index in [0.29, 0.717) is 12.1 Å². The molecular weight excluding hydrogens is 217 g/mol. The molecule has 1 aromatic carbocycles. The number of nitrogens with zero attached hydrogens (tertiary/aromatic N) is 1. The van der Waals surface area contributed by atoms with Gasteiger partial charge in [0.1, 0.15) is 11.3 Å². The number of nitrogens with one attached hydrogen (secondary N) is 1. The highest BCUT2D eigenvalue weighted by atomic mass is 19.1. The first-order valence-electron chi connectivity index (χ1n) is 5.72. The summed E-state index contributed by atoms with van der Waals surface area (Å²) in [7, 11) is 0. The molecule has 0 aliphatic heterocycles. The first-order valence-corrected chi connectivity index (χ1v) is 5.72. The monoisotopic (exact) mass is 233 g/mol. The van der Waals surface area contributed by atoms with Gasteiger partial charge in [0.05, 0.1) is 0 Å². The number of aromatic nitrogens is 1. The molecule has 0 saturated heterocycles. The molecule has 0 fully saturated rings. The predicted molar refractivity (Wildman–Crippen MR) is 68.6 cm³/mol. The number of fused-ring (bicyclic) bond motifs is 1. The summed E-state index contributed by atoms with van der Waals surface area (Å²) in [5, 5.41) is 4.08. The lowest BCUT2D eigenvalue weighted by molar-refractivity contribution is 0.636. The Morgan fingerprint density at radius 3 is 3.00 bits per heavy atom. The molecule has 3 N–H and O–H groups in total. The van der Waals surface area contributed by atoms with Gasteiger partial charge in [-0.15, -0.1) is 0 Å². The van der Waals surface area contributed by atoms with Gasteiger partial charge in [0.2, 0.25) is 0 Å². The Labute approximate surface area is 99.8 Å². The topological polar surface area (TPSA) is 50.9 Å². The van der Waals surface area contributed by atoms with Crippen LogP contribution in [0.4, 0.5) is 10.1 Å². The molecule has 2 rings (SSSR count). The normalized spacial score (nSPS) is 10.8. The van der Waals surface area contributed by atoms with E-state index < -0.39 is 0 Å². The second-order valence-corrected chi connectivity index (χ2v) is 4.02. The minimum atomic E-state index is -0.284. The zero-order valence-electron chi connectivity index (χ0n) is 9.83. The Bertz CT molecular complexity index is 525. The van der Waals surface area contributed by atoms with Crippen molar-refractivity contribution >= 4 is 16.6 Å². The van der Waals surface area contributed by atoms with Gasteiger partial charge in [0.25, 0.3) is 0 Å². The Kier molecular flexibility index (Phi) is 3.54. The van der Waals surface area contributed by atoms with Crippen LogP contribution in [-0.2, 0) is 0 Å². The first kappa shape index (κ1) is 11.8. The molecule has 1 heterocycles. The van der Waals surface area contributed by atoms with Gasteiger partial charge in [-0.2, -0.15) is 0 Å². The Balaban J connectivity index is 2.43. The fourth-order valence-electron chi connectivity index (χ4n) is 1.81. The molecule has 17 heavy (non-hydrogen) atoms. The van der Waals surface area contributed by atoms with Crippen molar-refractivity contribution in [3.8, 4) is 0 Å². The standard InChI is InChI=1S/C13H16FN3/c1-9-8-12(16-7-3-6-15)10-4-2-5-11(14)13(10)17-9/h2,4-5,8H,3,6-7,15H2,1H3,(H,16,17). The number of hydrogen-bond donors (Lipinski definition) is 2. The maximum Gasteiger partial charge on any atom is 0.149 e. The molecule has 1 aromatic heterocycles. The van der Waals surface area contributed by atoms with Crippen LogP contribution in [0.25, 0.3) is 10.9 Å². The molecule has 4 heteroatoms. The first-order chi connectivity index (χ1) is 8.22. The van der Waals surface area contributed by atoms with E-state index in [1.54, 1.807) is 6.07 Å². The van der Waals surface area contributed by atoms with E-state index in [-0.39, 0.29) is 5.82 Å². The molecule has 0 aliphatic rings. The summed E-state index contributed by atoms with van der Waals surface area (Å²) in [5.41, 5.74) is 7.59. The van der Waals surface area contributed by atoms with Crippen LogP contribution in [0.3, 0.4) is 0 Å². The van der Waals surface area contributed by atoms with Gasteiger partial charge in [-0.25, -0.2) is 9.37 Å². The van der Waals surface area contributed by atoms with Gasteiger partial charge in [0.15, 0.2) is 0 Å². The number of para-hydroxylation sites is 1. The second kappa shape index (κ2) is 5.10. The molecule has 0 saturated carbocycles. The van der Waals surface area contributed by atoms with Gasteiger partial charge >= 0.3 is 0 Å². The summed E-state index contributed by atoms with van der Waals surface area (Å²) >= 11 is 0. The van der Waals surface area contributed by atoms with E-state index in [1.807, 2.05) is 19.1 Å². The number of halogens is 1. The lowest BCUT2D eigenvalue weighted by Gasteiger charge is -2.10. The van der Waals surface area contributed by atoms with Crippen LogP contribution >= 0.6 is 0 Å². The molecule has 2 aromatic rings. The zero-order valence-corrected chi connectivity index (χ0v) is 9.83. The summed E-state index contributed by atoms with van der Waals surface area (Å²) < 4.78 is 13.6. The number of pyridine rings is 1. The van der Waals surface area contributed by atoms with Crippen molar-refractivity contribution < 1.29 is 4.39 Å². The van der Waals surface area contributed by atoms with E-state index in [0.717, 1.165) is 29.7 Å². The van der Waals surface area contributed by atoms with Crippen molar-refractivity contribution in [3.05, 3.63) is 35.8 Å². The average molecular weight is 233 g/mol. The Morgan fingerprint density at radius 1 is 1.41 bits per heavy atom. The Hall–Kier alpha value is -1.68. The molecule has 90 valence electrons. The van der Waals surface area contributed by atoms with Crippen LogP contribution in [0.5, 0.6) is 0 Å². The van der Waals surface area contributed by atoms with E-state index in [2.05, 4.69) is 10.3 Å². The van der Waals surface area contributed by atoms with Crippen molar-refractivity contribution in [2.75, 3.05) is 18.4 Å². The molecule has 3 nitrogen and oxygen atoms in total. The van der Waals surface area contributed by atoms with Crippen molar-refractivity contribution in [3.63, 3.8) is 0 Å². The molecule has 0 atom stereocenters. The summed E-state index contributed by atoms with van der Waals surface area (Å²) in [6.07, 6.45) is 0.887. The fourth-order valence-corrected chi connectivity index (χ4v) is 1.81. The third kappa shape index (κ3) is 2.53. The third-order valence-corrected chi connectivity index (χ3v) is 2.61. The molecular formula is C13H16FN3. The number of nitrogens with two attached hydrogens (primary N) is 1. The number of rotatable bonds is 4. The van der Waals surface area contributed by atoms with E-state index in [1.165, 1.54) is 6.07 Å². The van der Waals surface area contributed by atoms with Gasteiger partial charge in [-0.3, -0.25) is 0 Å². The quantitative estimate of drug-likeness (QED) is 0.797. The number of anilines is 1. The van der Waals surface area contributed by atoms with Crippen LogP contribution in [0.1, 0.15) is 12.1 Å². The maximum atomic E-state index is 13.6. The lowest BCUT2D eigenvalue weighted by atomic mass is 10.1. The van der Waals surface area contributed by atoms with Crippen molar-refractivity contribution in [1.82, 2.24) is 4.98 Å². The van der Waals surface area contributed by atoms with E-state index in [9.17, 15) is 4.39 Å². The predicted octanol–water partition coefficient (Wildman–Crippen LogP) is 2.44. The van der Waals surface area contributed by atoms with Gasteiger partial charge in [0, 0.05) is 23.3 Å². The number of hydrogen-bond acceptors (Lipinski definition) is 3. The Morgan fingerprint density at radius 2 is 2.24 bits per heavy atom. The van der Waals surface area contributed by atoms with Gasteiger partial charge in [-0.1, -0.05) is 12.1 Å². The summed E-state index contributed by atoms with van der Waals surface area (Å²) in [5.74, 6) is -0.284. The highest BCUT2D eigenvalue weighted by Gasteiger charge is 2.07. The van der Waals surface area contributed by atoms with Crippen molar-refractivity contribution in [1.29, 1.82) is 0 Å².